The van der Waals surface area contributed by atoms with Gasteiger partial charge in [0.15, 0.2) is 0 Å². The van der Waals surface area contributed by atoms with Gasteiger partial charge in [0.1, 0.15) is 0 Å². The van der Waals surface area contributed by atoms with Gasteiger partial charge < -0.3 is 16.0 Å². The Bertz CT molecular complexity index is 355. The number of nitrogens with one attached hydrogen (secondary N) is 1. The van der Waals surface area contributed by atoms with Crippen molar-refractivity contribution in [1.29, 1.82) is 0 Å². The third-order valence-corrected chi connectivity index (χ3v) is 4.23. The summed E-state index contributed by atoms with van der Waals surface area (Å²) in [4.78, 5) is 26.0. The van der Waals surface area contributed by atoms with Crippen molar-refractivity contribution in [3.05, 3.63) is 0 Å². The third kappa shape index (κ3) is 6.53. The highest BCUT2D eigenvalue weighted by Crippen LogP contribution is 2.38. The molecule has 0 heterocycles. The van der Waals surface area contributed by atoms with E-state index in [9.17, 15) is 9.59 Å². The van der Waals surface area contributed by atoms with E-state index in [4.69, 9.17) is 5.73 Å². The van der Waals surface area contributed by atoms with E-state index in [-0.39, 0.29) is 42.6 Å². The molecule has 5 nitrogen and oxygen atoms in total. The van der Waals surface area contributed by atoms with Gasteiger partial charge in [-0.3, -0.25) is 9.59 Å². The molecule has 0 aromatic carbocycles. The van der Waals surface area contributed by atoms with Gasteiger partial charge in [-0.15, -0.1) is 12.4 Å². The Kier molecular flexibility index (Phi) is 9.69. The SMILES string of the molecule is CCCN(CCC)C(=O)CCC(=O)NC(C)(CN)C1CC1.Cl. The van der Waals surface area contributed by atoms with E-state index in [1.54, 1.807) is 0 Å². The average Bonchev–Trinajstić information content (AvgIpc) is 3.29. The van der Waals surface area contributed by atoms with E-state index in [1.807, 2.05) is 11.8 Å². The number of amides is 2. The molecule has 1 unspecified atom stereocenters. The van der Waals surface area contributed by atoms with E-state index in [2.05, 4.69) is 19.2 Å². The lowest BCUT2D eigenvalue weighted by Crippen LogP contribution is -2.53. The number of nitrogens with zero attached hydrogens (tertiary/aromatic N) is 1. The van der Waals surface area contributed by atoms with Crippen molar-refractivity contribution in [2.24, 2.45) is 11.7 Å². The lowest BCUT2D eigenvalue weighted by molar-refractivity contribution is -0.134. The highest BCUT2D eigenvalue weighted by molar-refractivity contribution is 5.85. The molecule has 3 N–H and O–H groups in total. The average molecular weight is 334 g/mol. The maximum Gasteiger partial charge on any atom is 0.223 e. The van der Waals surface area contributed by atoms with Gasteiger partial charge in [-0.2, -0.15) is 0 Å². The van der Waals surface area contributed by atoms with Crippen LogP contribution in [0.4, 0.5) is 0 Å². The molecule has 0 aromatic rings. The Morgan fingerprint density at radius 1 is 1.18 bits per heavy atom. The number of carbonyl (C=O) groups excluding carboxylic acids is 2. The van der Waals surface area contributed by atoms with Crippen LogP contribution >= 0.6 is 12.4 Å². The summed E-state index contributed by atoms with van der Waals surface area (Å²) in [5.41, 5.74) is 5.49. The van der Waals surface area contributed by atoms with Gasteiger partial charge in [0, 0.05) is 32.5 Å². The van der Waals surface area contributed by atoms with Gasteiger partial charge in [-0.25, -0.2) is 0 Å². The topological polar surface area (TPSA) is 75.4 Å². The highest BCUT2D eigenvalue weighted by Gasteiger charge is 2.41. The Labute approximate surface area is 140 Å². The number of halogens is 1. The first kappa shape index (κ1) is 21.2. The fourth-order valence-electron chi connectivity index (χ4n) is 2.70. The first-order valence-corrected chi connectivity index (χ1v) is 8.25. The molecule has 6 heteroatoms. The molecule has 1 rings (SSSR count). The first-order valence-electron chi connectivity index (χ1n) is 8.25. The summed E-state index contributed by atoms with van der Waals surface area (Å²) in [7, 11) is 0. The fourth-order valence-corrected chi connectivity index (χ4v) is 2.70. The largest absolute Gasteiger partial charge is 0.349 e. The van der Waals surface area contributed by atoms with Gasteiger partial charge in [-0.05, 0) is 38.5 Å². The quantitative estimate of drug-likeness (QED) is 0.642. The summed E-state index contributed by atoms with van der Waals surface area (Å²) >= 11 is 0. The molecule has 1 aliphatic rings. The summed E-state index contributed by atoms with van der Waals surface area (Å²) in [5, 5.41) is 3.03. The second-order valence-corrected chi connectivity index (χ2v) is 6.32. The zero-order valence-corrected chi connectivity index (χ0v) is 15.0. The maximum absolute atomic E-state index is 12.1. The van der Waals surface area contributed by atoms with Crippen LogP contribution in [-0.2, 0) is 9.59 Å². The maximum atomic E-state index is 12.1. The molecular weight excluding hydrogens is 302 g/mol. The minimum Gasteiger partial charge on any atom is -0.349 e. The molecule has 0 bridgehead atoms. The Morgan fingerprint density at radius 2 is 1.73 bits per heavy atom. The molecule has 0 radical (unpaired) electrons. The van der Waals surface area contributed by atoms with Gasteiger partial charge in [0.2, 0.25) is 11.8 Å². The van der Waals surface area contributed by atoms with Gasteiger partial charge in [-0.1, -0.05) is 13.8 Å². The first-order chi connectivity index (χ1) is 9.96. The lowest BCUT2D eigenvalue weighted by Gasteiger charge is -2.29. The van der Waals surface area contributed by atoms with Gasteiger partial charge in [0.05, 0.1) is 5.54 Å². The smallest absolute Gasteiger partial charge is 0.223 e. The van der Waals surface area contributed by atoms with Crippen LogP contribution in [0.25, 0.3) is 0 Å². The number of rotatable bonds is 10. The summed E-state index contributed by atoms with van der Waals surface area (Å²) in [6.07, 6.45) is 4.71. The van der Waals surface area contributed by atoms with E-state index in [0.29, 0.717) is 12.5 Å². The van der Waals surface area contributed by atoms with Crippen LogP contribution in [-0.4, -0.2) is 41.9 Å². The summed E-state index contributed by atoms with van der Waals surface area (Å²) in [5.74, 6) is 0.518. The van der Waals surface area contributed by atoms with Crippen molar-refractivity contribution < 1.29 is 9.59 Å². The van der Waals surface area contributed by atoms with Crippen LogP contribution in [0.2, 0.25) is 0 Å². The molecule has 1 aliphatic carbocycles. The second kappa shape index (κ2) is 10.1. The van der Waals surface area contributed by atoms with Gasteiger partial charge in [0.25, 0.3) is 0 Å². The fraction of sp³-hybridized carbons (Fsp3) is 0.875. The number of carbonyl (C=O) groups is 2. The zero-order chi connectivity index (χ0) is 15.9. The van der Waals surface area contributed by atoms with Crippen molar-refractivity contribution in [3.63, 3.8) is 0 Å². The van der Waals surface area contributed by atoms with Crippen molar-refractivity contribution in [1.82, 2.24) is 10.2 Å². The van der Waals surface area contributed by atoms with E-state index in [0.717, 1.165) is 38.8 Å². The molecule has 0 aliphatic heterocycles. The highest BCUT2D eigenvalue weighted by atomic mass is 35.5. The molecule has 1 atom stereocenters. The molecular formula is C16H32ClN3O2. The van der Waals surface area contributed by atoms with E-state index in [1.165, 1.54) is 0 Å². The molecule has 130 valence electrons. The van der Waals surface area contributed by atoms with Crippen molar-refractivity contribution in [2.45, 2.75) is 64.8 Å². The molecule has 0 saturated heterocycles. The predicted molar refractivity (Wildman–Crippen MR) is 92.0 cm³/mol. The molecule has 0 spiro atoms. The van der Waals surface area contributed by atoms with Crippen LogP contribution < -0.4 is 11.1 Å². The molecule has 2 amide bonds. The summed E-state index contributed by atoms with van der Waals surface area (Å²) < 4.78 is 0. The summed E-state index contributed by atoms with van der Waals surface area (Å²) in [6.45, 7) is 8.13. The minimum atomic E-state index is -0.299. The minimum absolute atomic E-state index is 0. The van der Waals surface area contributed by atoms with Crippen molar-refractivity contribution in [3.8, 4) is 0 Å². The molecule has 1 fully saturated rings. The number of hydrogen-bond acceptors (Lipinski definition) is 3. The van der Waals surface area contributed by atoms with Crippen LogP contribution in [0, 0.1) is 5.92 Å². The zero-order valence-electron chi connectivity index (χ0n) is 14.2. The molecule has 22 heavy (non-hydrogen) atoms. The standard InChI is InChI=1S/C16H31N3O2.ClH/c1-4-10-19(11-5-2)15(21)9-8-14(20)18-16(3,12-17)13-6-7-13;/h13H,4-12,17H2,1-3H3,(H,18,20);1H. The van der Waals surface area contributed by atoms with Crippen molar-refractivity contribution in [2.75, 3.05) is 19.6 Å². The predicted octanol–water partition coefficient (Wildman–Crippen LogP) is 2.08. The Hall–Kier alpha value is -0.810. The molecule has 1 saturated carbocycles. The van der Waals surface area contributed by atoms with Gasteiger partial charge >= 0.3 is 0 Å². The lowest BCUT2D eigenvalue weighted by atomic mass is 9.95. The van der Waals surface area contributed by atoms with E-state index >= 15 is 0 Å². The monoisotopic (exact) mass is 333 g/mol. The van der Waals surface area contributed by atoms with Crippen LogP contribution in [0.1, 0.15) is 59.3 Å². The summed E-state index contributed by atoms with van der Waals surface area (Å²) in [6, 6.07) is 0. The van der Waals surface area contributed by atoms with Crippen molar-refractivity contribution >= 4 is 24.2 Å². The van der Waals surface area contributed by atoms with Crippen LogP contribution in [0.15, 0.2) is 0 Å². The normalized spacial score (nSPS) is 16.4. The van der Waals surface area contributed by atoms with Crippen LogP contribution in [0.3, 0.4) is 0 Å². The Morgan fingerprint density at radius 3 is 2.14 bits per heavy atom. The van der Waals surface area contributed by atoms with Crippen LogP contribution in [0.5, 0.6) is 0 Å². The number of hydrogen-bond donors (Lipinski definition) is 2. The van der Waals surface area contributed by atoms with E-state index < -0.39 is 0 Å². The Balaban J connectivity index is 0.00000441. The molecule has 0 aromatic heterocycles. The second-order valence-electron chi connectivity index (χ2n) is 6.32. The third-order valence-electron chi connectivity index (χ3n) is 4.23. The number of nitrogens with two attached hydrogens (primary N) is 1.